The first-order valence-corrected chi connectivity index (χ1v) is 4.29. The van der Waals surface area contributed by atoms with Crippen molar-refractivity contribution in [3.05, 3.63) is 24.3 Å². The Balaban J connectivity index is 2.15. The van der Waals surface area contributed by atoms with E-state index in [2.05, 4.69) is 9.97 Å². The Kier molecular flexibility index (Phi) is 1.96. The summed E-state index contributed by atoms with van der Waals surface area (Å²) < 4.78 is 0. The van der Waals surface area contributed by atoms with E-state index in [1.54, 1.807) is 18.5 Å². The first-order valence-electron chi connectivity index (χ1n) is 4.29. The maximum atomic E-state index is 10.7. The van der Waals surface area contributed by atoms with Crippen LogP contribution in [-0.4, -0.2) is 21.0 Å². The van der Waals surface area contributed by atoms with Crippen molar-refractivity contribution >= 4 is 5.97 Å². The van der Waals surface area contributed by atoms with E-state index in [1.165, 1.54) is 0 Å². The van der Waals surface area contributed by atoms with Crippen molar-refractivity contribution in [3.63, 3.8) is 0 Å². The fraction of sp³-hybridized carbons (Fsp3) is 0.444. The zero-order valence-electron chi connectivity index (χ0n) is 7.05. The molecule has 2 atom stereocenters. The van der Waals surface area contributed by atoms with Gasteiger partial charge in [0.1, 0.15) is 5.82 Å². The molecule has 1 fully saturated rings. The van der Waals surface area contributed by atoms with Crippen LogP contribution in [0.15, 0.2) is 18.5 Å². The van der Waals surface area contributed by atoms with Crippen LogP contribution in [0.4, 0.5) is 0 Å². The molecule has 0 saturated heterocycles. The molecule has 1 saturated carbocycles. The van der Waals surface area contributed by atoms with E-state index >= 15 is 0 Å². The van der Waals surface area contributed by atoms with E-state index in [0.717, 1.165) is 12.8 Å². The van der Waals surface area contributed by atoms with Gasteiger partial charge in [-0.05, 0) is 18.9 Å². The molecule has 1 N–H and O–H groups in total. The van der Waals surface area contributed by atoms with Crippen LogP contribution < -0.4 is 0 Å². The molecule has 4 nitrogen and oxygen atoms in total. The molecule has 1 aromatic heterocycles. The summed E-state index contributed by atoms with van der Waals surface area (Å²) in [6.07, 6.45) is 4.94. The Bertz CT molecular complexity index is 313. The molecule has 0 spiro atoms. The summed E-state index contributed by atoms with van der Waals surface area (Å²) in [6.45, 7) is 0. The molecule has 0 aliphatic heterocycles. The van der Waals surface area contributed by atoms with Crippen molar-refractivity contribution in [1.82, 2.24) is 9.97 Å². The van der Waals surface area contributed by atoms with Gasteiger partial charge in [0, 0.05) is 18.3 Å². The topological polar surface area (TPSA) is 63.1 Å². The van der Waals surface area contributed by atoms with E-state index < -0.39 is 5.97 Å². The molecular formula is C9H10N2O2. The van der Waals surface area contributed by atoms with Crippen LogP contribution in [0, 0.1) is 5.92 Å². The second-order valence-electron chi connectivity index (χ2n) is 3.24. The molecule has 0 radical (unpaired) electrons. The number of nitrogens with zero attached hydrogens (tertiary/aromatic N) is 2. The SMILES string of the molecule is O=C(O)[C@@H]1CC[C@@H]1c1ncccn1. The fourth-order valence-corrected chi connectivity index (χ4v) is 1.61. The van der Waals surface area contributed by atoms with E-state index in [9.17, 15) is 4.79 Å². The molecule has 0 amide bonds. The van der Waals surface area contributed by atoms with Gasteiger partial charge in [0.25, 0.3) is 0 Å². The van der Waals surface area contributed by atoms with Gasteiger partial charge in [-0.1, -0.05) is 0 Å². The highest BCUT2D eigenvalue weighted by molar-refractivity contribution is 5.72. The van der Waals surface area contributed by atoms with Crippen LogP contribution in [0.5, 0.6) is 0 Å². The Morgan fingerprint density at radius 1 is 1.38 bits per heavy atom. The number of carboxylic acids is 1. The first kappa shape index (κ1) is 8.16. The highest BCUT2D eigenvalue weighted by atomic mass is 16.4. The minimum absolute atomic E-state index is 0.0266. The van der Waals surface area contributed by atoms with Crippen LogP contribution in [0.1, 0.15) is 24.6 Å². The van der Waals surface area contributed by atoms with Crippen LogP contribution in [-0.2, 0) is 4.79 Å². The zero-order valence-corrected chi connectivity index (χ0v) is 7.05. The predicted octanol–water partition coefficient (Wildman–Crippen LogP) is 1.05. The van der Waals surface area contributed by atoms with E-state index in [0.29, 0.717) is 5.82 Å². The molecule has 1 aromatic rings. The third kappa shape index (κ3) is 1.39. The van der Waals surface area contributed by atoms with Crippen LogP contribution in [0.3, 0.4) is 0 Å². The van der Waals surface area contributed by atoms with E-state index in [-0.39, 0.29) is 11.8 Å². The fourth-order valence-electron chi connectivity index (χ4n) is 1.61. The quantitative estimate of drug-likeness (QED) is 0.735. The Morgan fingerprint density at radius 3 is 2.54 bits per heavy atom. The predicted molar refractivity (Wildman–Crippen MR) is 45.1 cm³/mol. The highest BCUT2D eigenvalue weighted by Gasteiger charge is 2.39. The summed E-state index contributed by atoms with van der Waals surface area (Å²) in [5.41, 5.74) is 0. The molecule has 1 aliphatic rings. The summed E-state index contributed by atoms with van der Waals surface area (Å²) in [6, 6.07) is 1.73. The number of aliphatic carboxylic acids is 1. The highest BCUT2D eigenvalue weighted by Crippen LogP contribution is 2.40. The lowest BCUT2D eigenvalue weighted by Crippen LogP contribution is -2.32. The van der Waals surface area contributed by atoms with Crippen LogP contribution in [0.2, 0.25) is 0 Å². The van der Waals surface area contributed by atoms with E-state index in [4.69, 9.17) is 5.11 Å². The zero-order chi connectivity index (χ0) is 9.26. The molecule has 4 heteroatoms. The summed E-state index contributed by atoms with van der Waals surface area (Å²) in [4.78, 5) is 18.8. The second kappa shape index (κ2) is 3.12. The Hall–Kier alpha value is -1.45. The standard InChI is InChI=1S/C9H10N2O2/c12-9(13)7-3-2-6(7)8-10-4-1-5-11-8/h1,4-7H,2-3H2,(H,12,13)/t6-,7+/m0/s1. The van der Waals surface area contributed by atoms with Crippen LogP contribution in [0.25, 0.3) is 0 Å². The van der Waals surface area contributed by atoms with Crippen molar-refractivity contribution in [3.8, 4) is 0 Å². The monoisotopic (exact) mass is 178 g/mol. The average molecular weight is 178 g/mol. The second-order valence-corrected chi connectivity index (χ2v) is 3.24. The van der Waals surface area contributed by atoms with Crippen molar-refractivity contribution in [2.45, 2.75) is 18.8 Å². The minimum Gasteiger partial charge on any atom is -0.481 e. The van der Waals surface area contributed by atoms with Crippen molar-refractivity contribution in [2.24, 2.45) is 5.92 Å². The smallest absolute Gasteiger partial charge is 0.307 e. The molecule has 13 heavy (non-hydrogen) atoms. The lowest BCUT2D eigenvalue weighted by atomic mass is 9.73. The van der Waals surface area contributed by atoms with Crippen molar-refractivity contribution < 1.29 is 9.90 Å². The maximum Gasteiger partial charge on any atom is 0.307 e. The number of carbonyl (C=O) groups is 1. The van der Waals surface area contributed by atoms with Gasteiger partial charge in [0.05, 0.1) is 5.92 Å². The van der Waals surface area contributed by atoms with Crippen molar-refractivity contribution in [1.29, 1.82) is 0 Å². The molecule has 68 valence electrons. The molecule has 0 bridgehead atoms. The lowest BCUT2D eigenvalue weighted by molar-refractivity contribution is -0.145. The Labute approximate surface area is 75.6 Å². The minimum atomic E-state index is -0.733. The summed E-state index contributed by atoms with van der Waals surface area (Å²) in [7, 11) is 0. The average Bonchev–Trinajstić information content (AvgIpc) is 2.02. The molecule has 1 aliphatic carbocycles. The number of carboxylic acid groups (broad SMARTS) is 1. The van der Waals surface area contributed by atoms with Gasteiger partial charge < -0.3 is 5.11 Å². The van der Waals surface area contributed by atoms with E-state index in [1.807, 2.05) is 0 Å². The van der Waals surface area contributed by atoms with Gasteiger partial charge in [-0.3, -0.25) is 4.79 Å². The van der Waals surface area contributed by atoms with Gasteiger partial charge in [-0.2, -0.15) is 0 Å². The number of rotatable bonds is 2. The van der Waals surface area contributed by atoms with Crippen LogP contribution >= 0.6 is 0 Å². The third-order valence-corrected chi connectivity index (χ3v) is 2.51. The lowest BCUT2D eigenvalue weighted by Gasteiger charge is -2.31. The normalized spacial score (nSPS) is 26.5. The first-order chi connectivity index (χ1) is 6.29. The van der Waals surface area contributed by atoms with Gasteiger partial charge in [0.15, 0.2) is 0 Å². The summed E-state index contributed by atoms with van der Waals surface area (Å²) >= 11 is 0. The van der Waals surface area contributed by atoms with Gasteiger partial charge >= 0.3 is 5.97 Å². The van der Waals surface area contributed by atoms with Gasteiger partial charge in [-0.25, -0.2) is 9.97 Å². The Morgan fingerprint density at radius 2 is 2.08 bits per heavy atom. The van der Waals surface area contributed by atoms with Gasteiger partial charge in [0.2, 0.25) is 0 Å². The molecule has 2 rings (SSSR count). The molecule has 0 aromatic carbocycles. The molecule has 0 unspecified atom stereocenters. The molecule has 1 heterocycles. The third-order valence-electron chi connectivity index (χ3n) is 2.51. The number of hydrogen-bond acceptors (Lipinski definition) is 3. The van der Waals surface area contributed by atoms with Crippen molar-refractivity contribution in [2.75, 3.05) is 0 Å². The largest absolute Gasteiger partial charge is 0.481 e. The number of aromatic nitrogens is 2. The molecular weight excluding hydrogens is 168 g/mol. The summed E-state index contributed by atoms with van der Waals surface area (Å²) in [5.74, 6) is -0.314. The number of hydrogen-bond donors (Lipinski definition) is 1. The van der Waals surface area contributed by atoms with Gasteiger partial charge in [-0.15, -0.1) is 0 Å². The summed E-state index contributed by atoms with van der Waals surface area (Å²) in [5, 5.41) is 8.81. The maximum absolute atomic E-state index is 10.7.